The van der Waals surface area contributed by atoms with E-state index in [4.69, 9.17) is 9.47 Å². The van der Waals surface area contributed by atoms with Crippen molar-refractivity contribution in [1.82, 2.24) is 9.88 Å². The maximum Gasteiger partial charge on any atom is 0.171 e. The largest absolute Gasteiger partial charge is 0.485 e. The van der Waals surface area contributed by atoms with Crippen molar-refractivity contribution in [3.05, 3.63) is 18.3 Å². The summed E-state index contributed by atoms with van der Waals surface area (Å²) in [6.07, 6.45) is 9.63. The summed E-state index contributed by atoms with van der Waals surface area (Å²) in [7, 11) is 0. The van der Waals surface area contributed by atoms with E-state index in [1.54, 1.807) is 0 Å². The Morgan fingerprint density at radius 1 is 1.12 bits per heavy atom. The number of nitrogens with zero attached hydrogens (tertiary/aromatic N) is 3. The minimum atomic E-state index is 0.306. The standard InChI is InChI=1S/C20H31N3O2/c1-2-11-23(10-1)20-19(4-3-9-21-20)25-18-6-13-22(16-18)12-5-17-7-14-24-15-8-17/h3-4,9,17-18H,1-2,5-8,10-16H2/t18-/m0/s1. The first-order chi connectivity index (χ1) is 12.4. The Kier molecular flexibility index (Phi) is 5.72. The SMILES string of the molecule is c1cnc(N2CCCC2)c(O[C@H]2CCN(CCC3CCOCC3)C2)c1. The van der Waals surface area contributed by atoms with Gasteiger partial charge in [0, 0.05) is 45.6 Å². The zero-order valence-corrected chi connectivity index (χ0v) is 15.2. The zero-order valence-electron chi connectivity index (χ0n) is 15.2. The normalized spacial score (nSPS) is 25.6. The lowest BCUT2D eigenvalue weighted by Gasteiger charge is -2.25. The molecule has 0 aromatic carbocycles. The molecule has 25 heavy (non-hydrogen) atoms. The Morgan fingerprint density at radius 3 is 2.80 bits per heavy atom. The average Bonchev–Trinajstić information content (AvgIpc) is 3.33. The first kappa shape index (κ1) is 17.1. The molecule has 3 aliphatic heterocycles. The number of rotatable bonds is 6. The molecule has 4 rings (SSSR count). The van der Waals surface area contributed by atoms with Crippen molar-refractivity contribution in [1.29, 1.82) is 0 Å². The molecule has 0 radical (unpaired) electrons. The van der Waals surface area contributed by atoms with E-state index in [1.807, 2.05) is 12.3 Å². The molecule has 0 N–H and O–H groups in total. The van der Waals surface area contributed by atoms with Crippen LogP contribution < -0.4 is 9.64 Å². The van der Waals surface area contributed by atoms with Gasteiger partial charge in [0.15, 0.2) is 11.6 Å². The highest BCUT2D eigenvalue weighted by atomic mass is 16.5. The van der Waals surface area contributed by atoms with E-state index in [0.717, 1.165) is 63.3 Å². The second-order valence-corrected chi connectivity index (χ2v) is 7.69. The molecule has 0 amide bonds. The van der Waals surface area contributed by atoms with Gasteiger partial charge in [0.1, 0.15) is 6.10 Å². The summed E-state index contributed by atoms with van der Waals surface area (Å²) in [5.74, 6) is 2.87. The first-order valence-electron chi connectivity index (χ1n) is 10.1. The van der Waals surface area contributed by atoms with Gasteiger partial charge in [-0.25, -0.2) is 4.98 Å². The van der Waals surface area contributed by atoms with Gasteiger partial charge in [-0.1, -0.05) is 0 Å². The number of hydrogen-bond donors (Lipinski definition) is 0. The van der Waals surface area contributed by atoms with E-state index in [-0.39, 0.29) is 0 Å². The monoisotopic (exact) mass is 345 g/mol. The third-order valence-corrected chi connectivity index (χ3v) is 5.87. The van der Waals surface area contributed by atoms with Crippen molar-refractivity contribution in [2.75, 3.05) is 50.8 Å². The van der Waals surface area contributed by atoms with Crippen LogP contribution in [0.5, 0.6) is 5.75 Å². The van der Waals surface area contributed by atoms with Crippen molar-refractivity contribution < 1.29 is 9.47 Å². The van der Waals surface area contributed by atoms with Crippen LogP contribution >= 0.6 is 0 Å². The van der Waals surface area contributed by atoms with Crippen LogP contribution in [0.15, 0.2) is 18.3 Å². The number of anilines is 1. The van der Waals surface area contributed by atoms with Crippen molar-refractivity contribution in [2.45, 2.75) is 44.6 Å². The van der Waals surface area contributed by atoms with Gasteiger partial charge in [0.05, 0.1) is 0 Å². The summed E-state index contributed by atoms with van der Waals surface area (Å²) in [5, 5.41) is 0. The highest BCUT2D eigenvalue weighted by Crippen LogP contribution is 2.30. The topological polar surface area (TPSA) is 37.8 Å². The van der Waals surface area contributed by atoms with E-state index in [2.05, 4.69) is 20.9 Å². The van der Waals surface area contributed by atoms with E-state index in [0.29, 0.717) is 6.10 Å². The Balaban J connectivity index is 1.28. The minimum Gasteiger partial charge on any atom is -0.485 e. The van der Waals surface area contributed by atoms with Gasteiger partial charge in [-0.15, -0.1) is 0 Å². The highest BCUT2D eigenvalue weighted by molar-refractivity contribution is 5.52. The van der Waals surface area contributed by atoms with E-state index in [9.17, 15) is 0 Å². The van der Waals surface area contributed by atoms with Crippen LogP contribution in [0.1, 0.15) is 38.5 Å². The van der Waals surface area contributed by atoms with Crippen molar-refractivity contribution in [3.63, 3.8) is 0 Å². The van der Waals surface area contributed by atoms with Gasteiger partial charge < -0.3 is 14.4 Å². The van der Waals surface area contributed by atoms with Crippen LogP contribution in [0.3, 0.4) is 0 Å². The fraction of sp³-hybridized carbons (Fsp3) is 0.750. The van der Waals surface area contributed by atoms with Crippen LogP contribution in [0.25, 0.3) is 0 Å². The second kappa shape index (κ2) is 8.37. The number of aromatic nitrogens is 1. The lowest BCUT2D eigenvalue weighted by atomic mass is 9.96. The molecule has 1 aromatic rings. The van der Waals surface area contributed by atoms with E-state index < -0.39 is 0 Å². The maximum absolute atomic E-state index is 6.38. The lowest BCUT2D eigenvalue weighted by Crippen LogP contribution is -2.28. The summed E-state index contributed by atoms with van der Waals surface area (Å²) in [6, 6.07) is 4.08. The molecule has 3 aliphatic rings. The number of ether oxygens (including phenoxy) is 2. The molecule has 0 bridgehead atoms. The molecule has 3 saturated heterocycles. The highest BCUT2D eigenvalue weighted by Gasteiger charge is 2.27. The molecule has 0 saturated carbocycles. The second-order valence-electron chi connectivity index (χ2n) is 7.69. The van der Waals surface area contributed by atoms with Gasteiger partial charge in [0.25, 0.3) is 0 Å². The van der Waals surface area contributed by atoms with Crippen LogP contribution in [-0.2, 0) is 4.74 Å². The van der Waals surface area contributed by atoms with Crippen LogP contribution in [0.2, 0.25) is 0 Å². The predicted octanol–water partition coefficient (Wildman–Crippen LogP) is 2.95. The van der Waals surface area contributed by atoms with Gasteiger partial charge in [0.2, 0.25) is 0 Å². The predicted molar refractivity (Wildman–Crippen MR) is 99.3 cm³/mol. The molecule has 3 fully saturated rings. The summed E-state index contributed by atoms with van der Waals surface area (Å²) >= 11 is 0. The van der Waals surface area contributed by atoms with E-state index >= 15 is 0 Å². The smallest absolute Gasteiger partial charge is 0.171 e. The Hall–Kier alpha value is -1.33. The summed E-state index contributed by atoms with van der Waals surface area (Å²) < 4.78 is 11.8. The number of pyridine rings is 1. The summed E-state index contributed by atoms with van der Waals surface area (Å²) in [4.78, 5) is 9.54. The average molecular weight is 345 g/mol. The third-order valence-electron chi connectivity index (χ3n) is 5.87. The summed E-state index contributed by atoms with van der Waals surface area (Å²) in [5.41, 5.74) is 0. The quantitative estimate of drug-likeness (QED) is 0.792. The van der Waals surface area contributed by atoms with E-state index in [1.165, 1.54) is 38.6 Å². The molecule has 138 valence electrons. The molecule has 0 unspecified atom stereocenters. The van der Waals surface area contributed by atoms with Crippen molar-refractivity contribution in [2.24, 2.45) is 5.92 Å². The minimum absolute atomic E-state index is 0.306. The lowest BCUT2D eigenvalue weighted by molar-refractivity contribution is 0.0605. The van der Waals surface area contributed by atoms with Crippen LogP contribution in [0, 0.1) is 5.92 Å². The third kappa shape index (κ3) is 4.45. The van der Waals surface area contributed by atoms with Gasteiger partial charge in [-0.2, -0.15) is 0 Å². The van der Waals surface area contributed by atoms with Gasteiger partial charge in [-0.05, 0) is 63.1 Å². The zero-order chi connectivity index (χ0) is 16.9. The van der Waals surface area contributed by atoms with Gasteiger partial charge >= 0.3 is 0 Å². The van der Waals surface area contributed by atoms with Crippen molar-refractivity contribution >= 4 is 5.82 Å². The molecule has 0 aliphatic carbocycles. The van der Waals surface area contributed by atoms with Crippen LogP contribution in [0.4, 0.5) is 5.82 Å². The summed E-state index contributed by atoms with van der Waals surface area (Å²) in [6.45, 7) is 7.54. The van der Waals surface area contributed by atoms with Crippen molar-refractivity contribution in [3.8, 4) is 5.75 Å². The Labute approximate surface area is 151 Å². The molecular formula is C20H31N3O2. The molecular weight excluding hydrogens is 314 g/mol. The first-order valence-corrected chi connectivity index (χ1v) is 10.1. The van der Waals surface area contributed by atoms with Gasteiger partial charge in [-0.3, -0.25) is 4.90 Å². The molecule has 5 heteroatoms. The molecule has 0 spiro atoms. The molecule has 5 nitrogen and oxygen atoms in total. The maximum atomic E-state index is 6.38. The number of hydrogen-bond acceptors (Lipinski definition) is 5. The molecule has 4 heterocycles. The fourth-order valence-electron chi connectivity index (χ4n) is 4.32. The molecule has 1 aromatic heterocycles. The Bertz CT molecular complexity index is 541. The Morgan fingerprint density at radius 2 is 1.96 bits per heavy atom. The van der Waals surface area contributed by atoms with Crippen LogP contribution in [-0.4, -0.2) is 61.9 Å². The molecule has 1 atom stereocenters. The number of likely N-dealkylation sites (tertiary alicyclic amines) is 1. The fourth-order valence-corrected chi connectivity index (χ4v) is 4.32.